The summed E-state index contributed by atoms with van der Waals surface area (Å²) in [6.07, 6.45) is 1.10. The van der Waals surface area contributed by atoms with Crippen LogP contribution in [0.4, 0.5) is 0 Å². The van der Waals surface area contributed by atoms with E-state index in [2.05, 4.69) is 5.10 Å². The number of aryl methyl sites for hydroxylation is 1. The topological polar surface area (TPSA) is 55.1 Å². The number of halogens is 2. The van der Waals surface area contributed by atoms with Crippen molar-refractivity contribution in [3.05, 3.63) is 45.2 Å². The molecular weight excluding hydrogens is 299 g/mol. The molecule has 20 heavy (non-hydrogen) atoms. The molecule has 0 spiro atoms. The molecule has 0 radical (unpaired) electrons. The third-order valence-corrected chi connectivity index (χ3v) is 3.61. The molecular formula is C14H14Cl2N2O2. The Morgan fingerprint density at radius 2 is 2.00 bits per heavy atom. The number of benzene rings is 1. The molecule has 0 aliphatic heterocycles. The van der Waals surface area contributed by atoms with Crippen molar-refractivity contribution in [2.24, 2.45) is 0 Å². The summed E-state index contributed by atoms with van der Waals surface area (Å²) in [5, 5.41) is 14.7. The van der Waals surface area contributed by atoms with Gasteiger partial charge in [-0.25, -0.2) is 9.48 Å². The summed E-state index contributed by atoms with van der Waals surface area (Å²) < 4.78 is 1.60. The van der Waals surface area contributed by atoms with Crippen molar-refractivity contribution < 1.29 is 9.90 Å². The molecule has 0 unspecified atom stereocenters. The first-order valence-corrected chi connectivity index (χ1v) is 7.04. The quantitative estimate of drug-likeness (QED) is 0.928. The molecule has 4 nitrogen and oxygen atoms in total. The second-order valence-corrected chi connectivity index (χ2v) is 5.13. The van der Waals surface area contributed by atoms with E-state index in [4.69, 9.17) is 23.2 Å². The van der Waals surface area contributed by atoms with Crippen LogP contribution in [0.2, 0.25) is 10.0 Å². The zero-order chi connectivity index (χ0) is 14.9. The first kappa shape index (κ1) is 14.9. The fraction of sp³-hybridized carbons (Fsp3) is 0.286. The van der Waals surface area contributed by atoms with E-state index in [9.17, 15) is 9.90 Å². The lowest BCUT2D eigenvalue weighted by Crippen LogP contribution is -2.06. The van der Waals surface area contributed by atoms with E-state index in [1.807, 2.05) is 13.8 Å². The van der Waals surface area contributed by atoms with Crippen LogP contribution in [0, 0.1) is 0 Å². The molecule has 1 aromatic heterocycles. The van der Waals surface area contributed by atoms with Gasteiger partial charge in [0.15, 0.2) is 0 Å². The lowest BCUT2D eigenvalue weighted by molar-refractivity contribution is 0.0694. The molecule has 6 heteroatoms. The number of hydrogen-bond acceptors (Lipinski definition) is 2. The van der Waals surface area contributed by atoms with Gasteiger partial charge in [0, 0.05) is 5.02 Å². The summed E-state index contributed by atoms with van der Waals surface area (Å²) in [4.78, 5) is 11.4. The fourth-order valence-electron chi connectivity index (χ4n) is 2.18. The number of rotatable bonds is 4. The van der Waals surface area contributed by atoms with Crippen LogP contribution in [0.5, 0.6) is 0 Å². The van der Waals surface area contributed by atoms with Crippen molar-refractivity contribution in [1.29, 1.82) is 0 Å². The first-order chi connectivity index (χ1) is 9.49. The van der Waals surface area contributed by atoms with E-state index < -0.39 is 5.97 Å². The van der Waals surface area contributed by atoms with Crippen LogP contribution in [-0.2, 0) is 12.8 Å². The largest absolute Gasteiger partial charge is 0.478 e. The Labute approximate surface area is 126 Å². The minimum Gasteiger partial charge on any atom is -0.478 e. The normalized spacial score (nSPS) is 10.8. The van der Waals surface area contributed by atoms with Gasteiger partial charge in [0.1, 0.15) is 5.56 Å². The first-order valence-electron chi connectivity index (χ1n) is 6.29. The highest BCUT2D eigenvalue weighted by molar-refractivity contribution is 6.35. The summed E-state index contributed by atoms with van der Waals surface area (Å²) in [6, 6.07) is 5.06. The van der Waals surface area contributed by atoms with Gasteiger partial charge in [-0.3, -0.25) is 0 Å². The summed E-state index contributed by atoms with van der Waals surface area (Å²) in [5.74, 6) is -0.963. The van der Waals surface area contributed by atoms with Crippen LogP contribution >= 0.6 is 23.2 Å². The zero-order valence-electron chi connectivity index (χ0n) is 11.2. The van der Waals surface area contributed by atoms with E-state index in [1.165, 1.54) is 0 Å². The Hall–Kier alpha value is -1.52. The van der Waals surface area contributed by atoms with Crippen LogP contribution < -0.4 is 0 Å². The number of aromatic carboxylic acids is 1. The Morgan fingerprint density at radius 3 is 2.50 bits per heavy atom. The van der Waals surface area contributed by atoms with Crippen molar-refractivity contribution in [2.75, 3.05) is 0 Å². The number of carboxylic acids is 1. The van der Waals surface area contributed by atoms with Gasteiger partial charge in [-0.2, -0.15) is 5.10 Å². The summed E-state index contributed by atoms with van der Waals surface area (Å²) in [7, 11) is 0. The molecule has 0 aliphatic rings. The molecule has 0 saturated carbocycles. The maximum atomic E-state index is 11.4. The number of carboxylic acid groups (broad SMARTS) is 1. The maximum Gasteiger partial charge on any atom is 0.339 e. The number of aromatic nitrogens is 2. The molecule has 1 N–H and O–H groups in total. The predicted molar refractivity (Wildman–Crippen MR) is 79.3 cm³/mol. The number of nitrogens with zero attached hydrogens (tertiary/aromatic N) is 2. The summed E-state index contributed by atoms with van der Waals surface area (Å²) >= 11 is 12.1. The average Bonchev–Trinajstić information content (AvgIpc) is 2.77. The van der Waals surface area contributed by atoms with Gasteiger partial charge in [-0.15, -0.1) is 0 Å². The molecule has 0 atom stereocenters. The molecule has 106 valence electrons. The van der Waals surface area contributed by atoms with E-state index >= 15 is 0 Å². The second kappa shape index (κ2) is 5.85. The van der Waals surface area contributed by atoms with E-state index in [-0.39, 0.29) is 5.56 Å². The molecule has 0 aliphatic carbocycles. The highest BCUT2D eigenvalue weighted by atomic mass is 35.5. The highest BCUT2D eigenvalue weighted by Gasteiger charge is 2.22. The van der Waals surface area contributed by atoms with Crippen molar-refractivity contribution >= 4 is 29.2 Å². The molecule has 0 saturated heterocycles. The van der Waals surface area contributed by atoms with Crippen molar-refractivity contribution in [2.45, 2.75) is 26.7 Å². The standard InChI is InChI=1S/C14H14Cl2N2O2/c1-3-10-13(14(19)20)11(4-2)18(17-10)12-6-5-8(15)7-9(12)16/h5-7H,3-4H2,1-2H3,(H,19,20). The van der Waals surface area contributed by atoms with Crippen LogP contribution in [-0.4, -0.2) is 20.9 Å². The molecule has 0 fully saturated rings. The number of hydrogen-bond donors (Lipinski definition) is 1. The fourth-order valence-corrected chi connectivity index (χ4v) is 2.67. The third kappa shape index (κ3) is 2.53. The van der Waals surface area contributed by atoms with Gasteiger partial charge < -0.3 is 5.11 Å². The maximum absolute atomic E-state index is 11.4. The lowest BCUT2D eigenvalue weighted by atomic mass is 10.1. The minimum atomic E-state index is -0.963. The molecule has 2 rings (SSSR count). The van der Waals surface area contributed by atoms with Gasteiger partial charge in [0.05, 0.1) is 22.1 Å². The van der Waals surface area contributed by atoms with Gasteiger partial charge in [-0.1, -0.05) is 37.0 Å². The van der Waals surface area contributed by atoms with Gasteiger partial charge >= 0.3 is 5.97 Å². The van der Waals surface area contributed by atoms with E-state index in [1.54, 1.807) is 22.9 Å². The van der Waals surface area contributed by atoms with Crippen molar-refractivity contribution in [3.63, 3.8) is 0 Å². The highest BCUT2D eigenvalue weighted by Crippen LogP contribution is 2.27. The van der Waals surface area contributed by atoms with E-state index in [0.717, 1.165) is 0 Å². The van der Waals surface area contributed by atoms with Crippen LogP contribution in [0.3, 0.4) is 0 Å². The second-order valence-electron chi connectivity index (χ2n) is 4.29. The summed E-state index contributed by atoms with van der Waals surface area (Å²) in [6.45, 7) is 3.77. The predicted octanol–water partition coefficient (Wildman–Crippen LogP) is 4.00. The van der Waals surface area contributed by atoms with Crippen LogP contribution in [0.1, 0.15) is 35.6 Å². The SMILES string of the molecule is CCc1nn(-c2ccc(Cl)cc2Cl)c(CC)c1C(=O)O. The van der Waals surface area contributed by atoms with Crippen LogP contribution in [0.25, 0.3) is 5.69 Å². The summed E-state index contributed by atoms with van der Waals surface area (Å²) in [5.41, 5.74) is 2.09. The Bertz CT molecular complexity index is 665. The third-order valence-electron chi connectivity index (χ3n) is 3.08. The monoisotopic (exact) mass is 312 g/mol. The smallest absolute Gasteiger partial charge is 0.339 e. The molecule has 2 aromatic rings. The van der Waals surface area contributed by atoms with Crippen molar-refractivity contribution in [3.8, 4) is 5.69 Å². The van der Waals surface area contributed by atoms with Crippen molar-refractivity contribution in [1.82, 2.24) is 9.78 Å². The van der Waals surface area contributed by atoms with Crippen LogP contribution in [0.15, 0.2) is 18.2 Å². The minimum absolute atomic E-state index is 0.265. The van der Waals surface area contributed by atoms with Gasteiger partial charge in [-0.05, 0) is 31.0 Å². The average molecular weight is 313 g/mol. The lowest BCUT2D eigenvalue weighted by Gasteiger charge is -2.08. The Balaban J connectivity index is 2.71. The Morgan fingerprint density at radius 1 is 1.30 bits per heavy atom. The zero-order valence-corrected chi connectivity index (χ0v) is 12.7. The molecule has 0 bridgehead atoms. The van der Waals surface area contributed by atoms with E-state index in [0.29, 0.717) is 40.0 Å². The van der Waals surface area contributed by atoms with Gasteiger partial charge in [0.2, 0.25) is 0 Å². The molecule has 1 aromatic carbocycles. The van der Waals surface area contributed by atoms with Gasteiger partial charge in [0.25, 0.3) is 0 Å². The number of carbonyl (C=O) groups is 1. The Kier molecular flexibility index (Phi) is 4.35. The molecule has 0 amide bonds. The molecule has 1 heterocycles.